The number of aromatic nitrogens is 2. The second-order valence-electron chi connectivity index (χ2n) is 6.17. The Balaban J connectivity index is 1.75. The Bertz CT molecular complexity index is 1100. The van der Waals surface area contributed by atoms with Gasteiger partial charge in [-0.1, -0.05) is 42.5 Å². The van der Waals surface area contributed by atoms with E-state index in [1.807, 2.05) is 36.4 Å². The van der Waals surface area contributed by atoms with Crippen LogP contribution in [0.3, 0.4) is 0 Å². The topological polar surface area (TPSA) is 125 Å². The first-order valence-corrected chi connectivity index (χ1v) is 8.80. The van der Waals surface area contributed by atoms with Crippen LogP contribution in [-0.4, -0.2) is 27.6 Å². The first-order valence-electron chi connectivity index (χ1n) is 8.80. The number of carbonyl (C=O) groups is 1. The SMILES string of the molecule is N#CC(=Cc1cn[nH]c1-c1cccc([N+](=O)[O-])c1)C(=O)NCCc1ccccc1. The third-order valence-corrected chi connectivity index (χ3v) is 4.22. The Morgan fingerprint density at radius 2 is 2.03 bits per heavy atom. The number of carbonyl (C=O) groups excluding carboxylic acids is 1. The van der Waals surface area contributed by atoms with Gasteiger partial charge in [-0.3, -0.25) is 20.0 Å². The van der Waals surface area contributed by atoms with Crippen LogP contribution in [-0.2, 0) is 11.2 Å². The number of rotatable bonds is 7. The molecule has 144 valence electrons. The molecule has 0 radical (unpaired) electrons. The minimum Gasteiger partial charge on any atom is -0.351 e. The standard InChI is InChI=1S/C21H17N5O3/c22-13-17(21(27)23-10-9-15-5-2-1-3-6-15)11-18-14-24-25-20(18)16-7-4-8-19(12-16)26(28)29/h1-8,11-12,14H,9-10H2,(H,23,27)(H,24,25). The second kappa shape index (κ2) is 9.10. The van der Waals surface area contributed by atoms with Crippen LogP contribution < -0.4 is 5.32 Å². The first-order chi connectivity index (χ1) is 14.1. The van der Waals surface area contributed by atoms with Gasteiger partial charge in [-0.25, -0.2) is 0 Å². The zero-order valence-corrected chi connectivity index (χ0v) is 15.3. The molecule has 1 amide bonds. The van der Waals surface area contributed by atoms with Crippen molar-refractivity contribution >= 4 is 17.7 Å². The van der Waals surface area contributed by atoms with Gasteiger partial charge < -0.3 is 5.32 Å². The van der Waals surface area contributed by atoms with E-state index in [2.05, 4.69) is 15.5 Å². The summed E-state index contributed by atoms with van der Waals surface area (Å²) in [6.45, 7) is 0.394. The molecular weight excluding hydrogens is 370 g/mol. The van der Waals surface area contributed by atoms with Crippen LogP contribution in [0.25, 0.3) is 17.3 Å². The van der Waals surface area contributed by atoms with Crippen LogP contribution in [0.2, 0.25) is 0 Å². The Labute approximate surface area is 166 Å². The molecule has 2 aromatic carbocycles. The van der Waals surface area contributed by atoms with Crippen LogP contribution in [0.5, 0.6) is 0 Å². The van der Waals surface area contributed by atoms with Crippen molar-refractivity contribution in [2.75, 3.05) is 6.54 Å². The number of nitro benzene ring substituents is 1. The summed E-state index contributed by atoms with van der Waals surface area (Å²) in [6, 6.07) is 17.6. The number of hydrogen-bond donors (Lipinski definition) is 2. The van der Waals surface area contributed by atoms with Gasteiger partial charge in [0.05, 0.1) is 16.8 Å². The minimum absolute atomic E-state index is 0.0637. The van der Waals surface area contributed by atoms with Crippen molar-refractivity contribution in [3.63, 3.8) is 0 Å². The molecule has 0 bridgehead atoms. The molecule has 0 saturated carbocycles. The fraction of sp³-hybridized carbons (Fsp3) is 0.0952. The Morgan fingerprint density at radius 1 is 1.24 bits per heavy atom. The van der Waals surface area contributed by atoms with Crippen LogP contribution in [0, 0.1) is 21.4 Å². The molecule has 0 saturated heterocycles. The highest BCUT2D eigenvalue weighted by atomic mass is 16.6. The van der Waals surface area contributed by atoms with E-state index in [1.165, 1.54) is 24.4 Å². The summed E-state index contributed by atoms with van der Waals surface area (Å²) < 4.78 is 0. The van der Waals surface area contributed by atoms with E-state index in [0.717, 1.165) is 5.56 Å². The lowest BCUT2D eigenvalue weighted by atomic mass is 10.1. The van der Waals surface area contributed by atoms with Gasteiger partial charge in [-0.15, -0.1) is 0 Å². The van der Waals surface area contributed by atoms with Crippen molar-refractivity contribution in [3.05, 3.63) is 87.6 Å². The van der Waals surface area contributed by atoms with Gasteiger partial charge in [0, 0.05) is 29.8 Å². The van der Waals surface area contributed by atoms with E-state index in [0.29, 0.717) is 29.8 Å². The van der Waals surface area contributed by atoms with Crippen molar-refractivity contribution in [2.45, 2.75) is 6.42 Å². The molecule has 8 nitrogen and oxygen atoms in total. The lowest BCUT2D eigenvalue weighted by Crippen LogP contribution is -2.26. The third kappa shape index (κ3) is 4.93. The van der Waals surface area contributed by atoms with Crippen molar-refractivity contribution < 1.29 is 9.72 Å². The van der Waals surface area contributed by atoms with E-state index in [-0.39, 0.29) is 11.3 Å². The monoisotopic (exact) mass is 387 g/mol. The summed E-state index contributed by atoms with van der Waals surface area (Å²) in [5.41, 5.74) is 2.44. The molecule has 2 N–H and O–H groups in total. The summed E-state index contributed by atoms with van der Waals surface area (Å²) >= 11 is 0. The normalized spacial score (nSPS) is 10.9. The van der Waals surface area contributed by atoms with Crippen molar-refractivity contribution in [3.8, 4) is 17.3 Å². The van der Waals surface area contributed by atoms with E-state index in [9.17, 15) is 20.2 Å². The van der Waals surface area contributed by atoms with Gasteiger partial charge in [0.25, 0.3) is 11.6 Å². The number of hydrogen-bond acceptors (Lipinski definition) is 5. The molecule has 0 aliphatic carbocycles. The minimum atomic E-state index is -0.491. The number of nitrogens with one attached hydrogen (secondary N) is 2. The van der Waals surface area contributed by atoms with E-state index in [4.69, 9.17) is 0 Å². The van der Waals surface area contributed by atoms with Gasteiger partial charge >= 0.3 is 0 Å². The van der Waals surface area contributed by atoms with Gasteiger partial charge in [-0.05, 0) is 18.1 Å². The van der Waals surface area contributed by atoms with E-state index in [1.54, 1.807) is 12.1 Å². The lowest BCUT2D eigenvalue weighted by molar-refractivity contribution is -0.384. The number of nitrogens with zero attached hydrogens (tertiary/aromatic N) is 3. The van der Waals surface area contributed by atoms with Crippen LogP contribution >= 0.6 is 0 Å². The van der Waals surface area contributed by atoms with Crippen LogP contribution in [0.15, 0.2) is 66.4 Å². The van der Waals surface area contributed by atoms with Crippen molar-refractivity contribution in [1.82, 2.24) is 15.5 Å². The number of amides is 1. The maximum Gasteiger partial charge on any atom is 0.270 e. The van der Waals surface area contributed by atoms with E-state index < -0.39 is 10.8 Å². The lowest BCUT2D eigenvalue weighted by Gasteiger charge is -2.05. The van der Waals surface area contributed by atoms with Gasteiger partial charge in [-0.2, -0.15) is 10.4 Å². The van der Waals surface area contributed by atoms with Gasteiger partial charge in [0.15, 0.2) is 0 Å². The van der Waals surface area contributed by atoms with Gasteiger partial charge in [0.1, 0.15) is 11.6 Å². The van der Waals surface area contributed by atoms with Crippen molar-refractivity contribution in [2.24, 2.45) is 0 Å². The number of nitriles is 1. The molecule has 0 unspecified atom stereocenters. The average Bonchev–Trinajstić information content (AvgIpc) is 3.21. The number of nitro groups is 1. The molecule has 0 fully saturated rings. The highest BCUT2D eigenvalue weighted by molar-refractivity contribution is 6.02. The fourth-order valence-corrected chi connectivity index (χ4v) is 2.78. The molecule has 0 spiro atoms. The molecule has 0 aliphatic heterocycles. The van der Waals surface area contributed by atoms with Gasteiger partial charge in [0.2, 0.25) is 0 Å². The largest absolute Gasteiger partial charge is 0.351 e. The first kappa shape index (κ1) is 19.5. The predicted molar refractivity (Wildman–Crippen MR) is 107 cm³/mol. The van der Waals surface area contributed by atoms with Crippen LogP contribution in [0.1, 0.15) is 11.1 Å². The second-order valence-corrected chi connectivity index (χ2v) is 6.17. The maximum atomic E-state index is 12.4. The highest BCUT2D eigenvalue weighted by Crippen LogP contribution is 2.26. The summed E-state index contributed by atoms with van der Waals surface area (Å²) in [5.74, 6) is -0.491. The summed E-state index contributed by atoms with van der Waals surface area (Å²) in [6.07, 6.45) is 3.52. The zero-order chi connectivity index (χ0) is 20.6. The predicted octanol–water partition coefficient (Wildman–Crippen LogP) is 3.25. The molecule has 8 heteroatoms. The maximum absolute atomic E-state index is 12.4. The molecular formula is C21H17N5O3. The van der Waals surface area contributed by atoms with E-state index >= 15 is 0 Å². The number of non-ortho nitro benzene ring substituents is 1. The fourth-order valence-electron chi connectivity index (χ4n) is 2.78. The Hall–Kier alpha value is -4.25. The summed E-state index contributed by atoms with van der Waals surface area (Å²) in [7, 11) is 0. The van der Waals surface area contributed by atoms with Crippen LogP contribution in [0.4, 0.5) is 5.69 Å². The van der Waals surface area contributed by atoms with Crippen molar-refractivity contribution in [1.29, 1.82) is 5.26 Å². The molecule has 3 aromatic rings. The molecule has 1 aromatic heterocycles. The number of aromatic amines is 1. The smallest absolute Gasteiger partial charge is 0.270 e. The average molecular weight is 387 g/mol. The Kier molecular flexibility index (Phi) is 6.12. The third-order valence-electron chi connectivity index (χ3n) is 4.22. The quantitative estimate of drug-likeness (QED) is 0.279. The molecule has 0 atom stereocenters. The number of H-pyrrole nitrogens is 1. The molecule has 29 heavy (non-hydrogen) atoms. The molecule has 3 rings (SSSR count). The Morgan fingerprint density at radius 3 is 2.76 bits per heavy atom. The zero-order valence-electron chi connectivity index (χ0n) is 15.3. The molecule has 1 heterocycles. The molecule has 0 aliphatic rings. The highest BCUT2D eigenvalue weighted by Gasteiger charge is 2.14. The summed E-state index contributed by atoms with van der Waals surface area (Å²) in [5, 5.41) is 29.8. The summed E-state index contributed by atoms with van der Waals surface area (Å²) in [4.78, 5) is 22.9. The number of benzene rings is 2.